The molecule has 1 aromatic carbocycles. The van der Waals surface area contributed by atoms with Crippen LogP contribution in [-0.4, -0.2) is 24.6 Å². The lowest BCUT2D eigenvalue weighted by atomic mass is 10.2. The van der Waals surface area contributed by atoms with Gasteiger partial charge >= 0.3 is 6.09 Å². The molecule has 5 heteroatoms. The molecular weight excluding hydrogens is 223 g/mol. The molecule has 0 atom stereocenters. The topological polar surface area (TPSA) is 53.3 Å². The first-order valence-corrected chi connectivity index (χ1v) is 5.13. The second-order valence-corrected chi connectivity index (χ2v) is 3.51. The number of hydrogen-bond acceptors (Lipinski definition) is 3. The highest BCUT2D eigenvalue weighted by molar-refractivity contribution is 5.67. The van der Waals surface area contributed by atoms with Crippen LogP contribution in [0.4, 0.5) is 9.18 Å². The van der Waals surface area contributed by atoms with Crippen molar-refractivity contribution in [3.63, 3.8) is 0 Å². The van der Waals surface area contributed by atoms with Gasteiger partial charge in [0, 0.05) is 13.6 Å². The van der Waals surface area contributed by atoms with Gasteiger partial charge in [0.1, 0.15) is 12.4 Å². The molecule has 1 rings (SSSR count). The van der Waals surface area contributed by atoms with Gasteiger partial charge < -0.3 is 9.64 Å². The third-order valence-electron chi connectivity index (χ3n) is 2.15. The van der Waals surface area contributed by atoms with Crippen LogP contribution in [0.15, 0.2) is 24.3 Å². The number of ether oxygens (including phenoxy) is 1. The molecule has 0 bridgehead atoms. The second kappa shape index (κ2) is 6.48. The lowest BCUT2D eigenvalue weighted by molar-refractivity contribution is 0.105. The molecule has 0 aliphatic carbocycles. The highest BCUT2D eigenvalue weighted by Gasteiger charge is 2.09. The Morgan fingerprint density at radius 2 is 2.12 bits per heavy atom. The molecule has 0 N–H and O–H groups in total. The van der Waals surface area contributed by atoms with Crippen molar-refractivity contribution in [2.75, 3.05) is 13.6 Å². The summed E-state index contributed by atoms with van der Waals surface area (Å²) < 4.78 is 17.6. The van der Waals surface area contributed by atoms with E-state index in [0.29, 0.717) is 12.1 Å². The number of carbonyl (C=O) groups excluding carboxylic acids is 1. The van der Waals surface area contributed by atoms with Gasteiger partial charge in [0.25, 0.3) is 0 Å². The molecule has 0 spiro atoms. The van der Waals surface area contributed by atoms with Crippen LogP contribution < -0.4 is 0 Å². The summed E-state index contributed by atoms with van der Waals surface area (Å²) in [6.45, 7) is 0.425. The summed E-state index contributed by atoms with van der Waals surface area (Å²) in [5, 5.41) is 8.37. The fraction of sp³-hybridized carbons (Fsp3) is 0.333. The van der Waals surface area contributed by atoms with Crippen molar-refractivity contribution in [2.45, 2.75) is 13.0 Å². The molecule has 0 aliphatic heterocycles. The first-order valence-electron chi connectivity index (χ1n) is 5.13. The molecule has 90 valence electrons. The lowest BCUT2D eigenvalue weighted by Crippen LogP contribution is -2.28. The van der Waals surface area contributed by atoms with E-state index in [9.17, 15) is 9.18 Å². The zero-order valence-corrected chi connectivity index (χ0v) is 9.52. The van der Waals surface area contributed by atoms with Crippen LogP contribution in [0.3, 0.4) is 0 Å². The predicted octanol–water partition coefficient (Wildman–Crippen LogP) is 2.31. The van der Waals surface area contributed by atoms with Crippen molar-refractivity contribution >= 4 is 6.09 Å². The SMILES string of the molecule is CN(CCC#N)C(=O)OCc1ccc(F)cc1. The molecule has 1 aromatic rings. The summed E-state index contributed by atoms with van der Waals surface area (Å²) in [5.74, 6) is -0.328. The van der Waals surface area contributed by atoms with Gasteiger partial charge in [0.05, 0.1) is 12.5 Å². The van der Waals surface area contributed by atoms with Gasteiger partial charge in [-0.3, -0.25) is 0 Å². The largest absolute Gasteiger partial charge is 0.445 e. The monoisotopic (exact) mass is 236 g/mol. The van der Waals surface area contributed by atoms with Crippen LogP contribution in [0.25, 0.3) is 0 Å². The maximum absolute atomic E-state index is 12.6. The van der Waals surface area contributed by atoms with Gasteiger partial charge in [-0.15, -0.1) is 0 Å². The average molecular weight is 236 g/mol. The van der Waals surface area contributed by atoms with E-state index in [-0.39, 0.29) is 18.8 Å². The number of hydrogen-bond donors (Lipinski definition) is 0. The normalized spacial score (nSPS) is 9.47. The van der Waals surface area contributed by atoms with Crippen LogP contribution >= 0.6 is 0 Å². The number of nitrogens with zero attached hydrogens (tertiary/aromatic N) is 2. The molecule has 0 fully saturated rings. The van der Waals surface area contributed by atoms with Gasteiger partial charge in [-0.05, 0) is 17.7 Å². The molecule has 17 heavy (non-hydrogen) atoms. The van der Waals surface area contributed by atoms with E-state index >= 15 is 0 Å². The Labute approximate surface area is 99.2 Å². The number of nitriles is 1. The highest BCUT2D eigenvalue weighted by atomic mass is 19.1. The van der Waals surface area contributed by atoms with E-state index < -0.39 is 6.09 Å². The average Bonchev–Trinajstić information content (AvgIpc) is 2.34. The summed E-state index contributed by atoms with van der Waals surface area (Å²) in [5.41, 5.74) is 0.716. The van der Waals surface area contributed by atoms with Gasteiger partial charge in [-0.25, -0.2) is 9.18 Å². The molecule has 0 radical (unpaired) electrons. The number of rotatable bonds is 4. The fourth-order valence-electron chi connectivity index (χ4n) is 1.14. The summed E-state index contributed by atoms with van der Waals surface area (Å²) in [7, 11) is 1.56. The third-order valence-corrected chi connectivity index (χ3v) is 2.15. The Kier molecular flexibility index (Phi) is 4.95. The highest BCUT2D eigenvalue weighted by Crippen LogP contribution is 2.05. The maximum Gasteiger partial charge on any atom is 0.409 e. The Bertz CT molecular complexity index is 412. The predicted molar refractivity (Wildman–Crippen MR) is 59.4 cm³/mol. The standard InChI is InChI=1S/C12H13FN2O2/c1-15(8-2-7-14)12(16)17-9-10-3-5-11(13)6-4-10/h3-6H,2,8-9H2,1H3. The molecular formula is C12H13FN2O2. The van der Waals surface area contributed by atoms with Crippen LogP contribution in [0.1, 0.15) is 12.0 Å². The number of benzene rings is 1. The Morgan fingerprint density at radius 1 is 1.47 bits per heavy atom. The van der Waals surface area contributed by atoms with Gasteiger partial charge in [-0.1, -0.05) is 12.1 Å². The van der Waals surface area contributed by atoms with Gasteiger partial charge in [-0.2, -0.15) is 5.26 Å². The number of amides is 1. The van der Waals surface area contributed by atoms with Gasteiger partial charge in [0.2, 0.25) is 0 Å². The summed E-state index contributed by atoms with van der Waals surface area (Å²) >= 11 is 0. The van der Waals surface area contributed by atoms with Gasteiger partial charge in [0.15, 0.2) is 0 Å². The van der Waals surface area contributed by atoms with Crippen molar-refractivity contribution in [3.8, 4) is 6.07 Å². The molecule has 0 heterocycles. The van der Waals surface area contributed by atoms with Crippen molar-refractivity contribution in [3.05, 3.63) is 35.6 Å². The minimum atomic E-state index is -0.496. The smallest absolute Gasteiger partial charge is 0.409 e. The van der Waals surface area contributed by atoms with E-state index in [1.807, 2.05) is 6.07 Å². The van der Waals surface area contributed by atoms with Crippen LogP contribution in [0.2, 0.25) is 0 Å². The van der Waals surface area contributed by atoms with E-state index in [1.165, 1.54) is 17.0 Å². The zero-order valence-electron chi connectivity index (χ0n) is 9.52. The Balaban J connectivity index is 2.37. The molecule has 0 saturated carbocycles. The summed E-state index contributed by atoms with van der Waals surface area (Å²) in [4.78, 5) is 12.7. The molecule has 1 amide bonds. The van der Waals surface area contributed by atoms with E-state index in [1.54, 1.807) is 19.2 Å². The van der Waals surface area contributed by atoms with Crippen LogP contribution in [-0.2, 0) is 11.3 Å². The number of halogens is 1. The molecule has 0 saturated heterocycles. The molecule has 4 nitrogen and oxygen atoms in total. The third kappa shape index (κ3) is 4.51. The van der Waals surface area contributed by atoms with E-state index in [0.717, 1.165) is 0 Å². The Hall–Kier alpha value is -2.09. The minimum Gasteiger partial charge on any atom is -0.445 e. The van der Waals surface area contributed by atoms with E-state index in [4.69, 9.17) is 10.00 Å². The lowest BCUT2D eigenvalue weighted by Gasteiger charge is -2.15. The first kappa shape index (κ1) is 13.0. The van der Waals surface area contributed by atoms with Crippen LogP contribution in [0, 0.1) is 17.1 Å². The summed E-state index contributed by atoms with van der Waals surface area (Å²) in [6.07, 6.45) is -0.230. The zero-order chi connectivity index (χ0) is 12.7. The number of carbonyl (C=O) groups is 1. The quantitative estimate of drug-likeness (QED) is 0.806. The van der Waals surface area contributed by atoms with Crippen molar-refractivity contribution < 1.29 is 13.9 Å². The van der Waals surface area contributed by atoms with Crippen molar-refractivity contribution in [1.82, 2.24) is 4.90 Å². The molecule has 0 aliphatic rings. The molecule has 0 unspecified atom stereocenters. The summed E-state index contributed by atoms with van der Waals surface area (Å²) in [6, 6.07) is 7.67. The van der Waals surface area contributed by atoms with Crippen LogP contribution in [0.5, 0.6) is 0 Å². The molecule has 0 aromatic heterocycles. The first-order chi connectivity index (χ1) is 8.13. The Morgan fingerprint density at radius 3 is 2.71 bits per heavy atom. The van der Waals surface area contributed by atoms with E-state index in [2.05, 4.69) is 0 Å². The fourth-order valence-corrected chi connectivity index (χ4v) is 1.14. The van der Waals surface area contributed by atoms with Crippen molar-refractivity contribution in [1.29, 1.82) is 5.26 Å². The minimum absolute atomic E-state index is 0.0933. The maximum atomic E-state index is 12.6. The second-order valence-electron chi connectivity index (χ2n) is 3.51. The van der Waals surface area contributed by atoms with Crippen molar-refractivity contribution in [2.24, 2.45) is 0 Å².